The van der Waals surface area contributed by atoms with Crippen molar-refractivity contribution in [2.24, 2.45) is 0 Å². The monoisotopic (exact) mass is 448 g/mol. The molecule has 0 aliphatic carbocycles. The SMILES string of the molecule is O=c1c2ccccc2n(C[C@H](O)CN2CCOCC2)c(=O)n1C[C@H](O)CN1CCOCC1. The molecule has 10 nitrogen and oxygen atoms in total. The summed E-state index contributed by atoms with van der Waals surface area (Å²) in [6.07, 6.45) is -1.65. The number of hydrogen-bond acceptors (Lipinski definition) is 8. The molecule has 3 heterocycles. The predicted molar refractivity (Wildman–Crippen MR) is 119 cm³/mol. The van der Waals surface area contributed by atoms with E-state index >= 15 is 0 Å². The third-order valence-electron chi connectivity index (χ3n) is 6.06. The van der Waals surface area contributed by atoms with Gasteiger partial charge < -0.3 is 19.7 Å². The van der Waals surface area contributed by atoms with Crippen LogP contribution in [0.15, 0.2) is 33.9 Å². The zero-order valence-corrected chi connectivity index (χ0v) is 18.3. The maximum Gasteiger partial charge on any atom is 0.331 e. The third-order valence-corrected chi connectivity index (χ3v) is 6.06. The van der Waals surface area contributed by atoms with Crippen molar-refractivity contribution in [3.8, 4) is 0 Å². The first kappa shape index (κ1) is 23.1. The van der Waals surface area contributed by atoms with Crippen LogP contribution in [0.25, 0.3) is 10.9 Å². The van der Waals surface area contributed by atoms with Crippen LogP contribution in [0.4, 0.5) is 0 Å². The molecule has 1 aromatic carbocycles. The van der Waals surface area contributed by atoms with Gasteiger partial charge in [0.05, 0.1) is 62.6 Å². The molecule has 10 heteroatoms. The first-order valence-electron chi connectivity index (χ1n) is 11.2. The zero-order valence-electron chi connectivity index (χ0n) is 18.3. The van der Waals surface area contributed by atoms with Crippen molar-refractivity contribution in [3.63, 3.8) is 0 Å². The molecule has 2 N–H and O–H groups in total. The van der Waals surface area contributed by atoms with E-state index in [4.69, 9.17) is 9.47 Å². The number of aliphatic hydroxyl groups is 2. The van der Waals surface area contributed by atoms with Crippen molar-refractivity contribution in [1.82, 2.24) is 18.9 Å². The van der Waals surface area contributed by atoms with Gasteiger partial charge in [-0.05, 0) is 12.1 Å². The van der Waals surface area contributed by atoms with E-state index in [9.17, 15) is 19.8 Å². The summed E-state index contributed by atoms with van der Waals surface area (Å²) in [6, 6.07) is 6.90. The highest BCUT2D eigenvalue weighted by Gasteiger charge is 2.21. The van der Waals surface area contributed by atoms with Crippen molar-refractivity contribution in [2.75, 3.05) is 65.7 Å². The minimum Gasteiger partial charge on any atom is -0.390 e. The van der Waals surface area contributed by atoms with Crippen LogP contribution in [0, 0.1) is 0 Å². The number of ether oxygens (including phenoxy) is 2. The Hall–Kier alpha value is -2.08. The van der Waals surface area contributed by atoms with Crippen LogP contribution in [0.5, 0.6) is 0 Å². The second kappa shape index (κ2) is 10.7. The molecule has 176 valence electrons. The van der Waals surface area contributed by atoms with Crippen LogP contribution in [-0.4, -0.2) is 107 Å². The molecular formula is C22H32N4O6. The van der Waals surface area contributed by atoms with Gasteiger partial charge in [0, 0.05) is 39.3 Å². The molecule has 4 rings (SSSR count). The number of hydrogen-bond donors (Lipinski definition) is 2. The number of aromatic nitrogens is 2. The molecule has 32 heavy (non-hydrogen) atoms. The molecule has 1 aromatic heterocycles. The van der Waals surface area contributed by atoms with E-state index in [-0.39, 0.29) is 13.1 Å². The lowest BCUT2D eigenvalue weighted by molar-refractivity contribution is 0.0101. The molecule has 0 saturated carbocycles. The van der Waals surface area contributed by atoms with Gasteiger partial charge in [-0.2, -0.15) is 0 Å². The number of rotatable bonds is 8. The average molecular weight is 449 g/mol. The smallest absolute Gasteiger partial charge is 0.331 e. The summed E-state index contributed by atoms with van der Waals surface area (Å²) in [5.74, 6) is 0. The Morgan fingerprint density at radius 3 is 1.81 bits per heavy atom. The quantitative estimate of drug-likeness (QED) is 0.505. The highest BCUT2D eigenvalue weighted by atomic mass is 16.5. The number of morpholine rings is 2. The van der Waals surface area contributed by atoms with Gasteiger partial charge in [-0.25, -0.2) is 4.79 Å². The second-order valence-corrected chi connectivity index (χ2v) is 8.46. The lowest BCUT2D eigenvalue weighted by atomic mass is 10.2. The zero-order chi connectivity index (χ0) is 22.5. The summed E-state index contributed by atoms with van der Waals surface area (Å²) in [5, 5.41) is 21.7. The summed E-state index contributed by atoms with van der Waals surface area (Å²) < 4.78 is 13.2. The van der Waals surface area contributed by atoms with Crippen LogP contribution in [0.3, 0.4) is 0 Å². The summed E-state index contributed by atoms with van der Waals surface area (Å²) in [7, 11) is 0. The fraction of sp³-hybridized carbons (Fsp3) is 0.636. The van der Waals surface area contributed by atoms with Crippen LogP contribution in [-0.2, 0) is 22.6 Å². The minimum atomic E-state index is -0.869. The second-order valence-electron chi connectivity index (χ2n) is 8.46. The van der Waals surface area contributed by atoms with Crippen LogP contribution in [0.1, 0.15) is 0 Å². The molecule has 2 aromatic rings. The van der Waals surface area contributed by atoms with Gasteiger partial charge in [-0.3, -0.25) is 23.7 Å². The van der Waals surface area contributed by atoms with Crippen molar-refractivity contribution in [2.45, 2.75) is 25.3 Å². The molecule has 0 bridgehead atoms. The van der Waals surface area contributed by atoms with Crippen LogP contribution in [0.2, 0.25) is 0 Å². The molecule has 0 unspecified atom stereocenters. The largest absolute Gasteiger partial charge is 0.390 e. The van der Waals surface area contributed by atoms with Crippen molar-refractivity contribution < 1.29 is 19.7 Å². The van der Waals surface area contributed by atoms with E-state index < -0.39 is 23.5 Å². The van der Waals surface area contributed by atoms with Crippen LogP contribution >= 0.6 is 0 Å². The number of benzene rings is 1. The van der Waals surface area contributed by atoms with E-state index in [1.54, 1.807) is 24.3 Å². The maximum atomic E-state index is 13.3. The lowest BCUT2D eigenvalue weighted by Crippen LogP contribution is -2.48. The normalized spacial score (nSPS) is 20.4. The Kier molecular flexibility index (Phi) is 7.71. The lowest BCUT2D eigenvalue weighted by Gasteiger charge is -2.29. The Morgan fingerprint density at radius 1 is 0.750 bits per heavy atom. The Labute approximate surface area is 186 Å². The maximum absolute atomic E-state index is 13.3. The molecule has 0 radical (unpaired) electrons. The number of nitrogens with zero attached hydrogens (tertiary/aromatic N) is 4. The van der Waals surface area contributed by atoms with Gasteiger partial charge >= 0.3 is 5.69 Å². The number of aliphatic hydroxyl groups excluding tert-OH is 2. The summed E-state index contributed by atoms with van der Waals surface area (Å²) in [5.41, 5.74) is -0.455. The van der Waals surface area contributed by atoms with Gasteiger partial charge in [0.1, 0.15) is 0 Å². The summed E-state index contributed by atoms with van der Waals surface area (Å²) in [4.78, 5) is 30.5. The Morgan fingerprint density at radius 2 is 1.25 bits per heavy atom. The van der Waals surface area contributed by atoms with Gasteiger partial charge in [0.25, 0.3) is 5.56 Å². The third kappa shape index (κ3) is 5.45. The van der Waals surface area contributed by atoms with Gasteiger partial charge in [-0.15, -0.1) is 0 Å². The Bertz CT molecular complexity index is 1010. The van der Waals surface area contributed by atoms with E-state index in [0.29, 0.717) is 63.5 Å². The van der Waals surface area contributed by atoms with E-state index in [1.165, 1.54) is 4.57 Å². The molecule has 2 saturated heterocycles. The van der Waals surface area contributed by atoms with E-state index in [0.717, 1.165) is 17.7 Å². The van der Waals surface area contributed by atoms with E-state index in [1.807, 2.05) is 0 Å². The van der Waals surface area contributed by atoms with Crippen molar-refractivity contribution in [1.29, 1.82) is 0 Å². The molecule has 2 aliphatic rings. The molecule has 2 atom stereocenters. The number of para-hydroxylation sites is 1. The van der Waals surface area contributed by atoms with E-state index in [2.05, 4.69) is 9.80 Å². The predicted octanol–water partition coefficient (Wildman–Crippen LogP) is -1.45. The molecule has 0 amide bonds. The van der Waals surface area contributed by atoms with Gasteiger partial charge in [0.2, 0.25) is 0 Å². The molecule has 2 fully saturated rings. The number of β-amino-alcohol motifs (C(OH)–C–C–N with tert-alkyl or cyclic N) is 2. The number of fused-ring (bicyclic) bond motifs is 1. The highest BCUT2D eigenvalue weighted by molar-refractivity contribution is 5.77. The Balaban J connectivity index is 1.57. The van der Waals surface area contributed by atoms with Gasteiger partial charge in [-0.1, -0.05) is 12.1 Å². The fourth-order valence-electron chi connectivity index (χ4n) is 4.41. The van der Waals surface area contributed by atoms with Crippen molar-refractivity contribution >= 4 is 10.9 Å². The standard InChI is InChI=1S/C22H32N4O6/c27-17(13-23-5-9-31-10-6-23)15-25-20-4-2-1-3-19(20)21(29)26(22(25)30)16-18(28)14-24-7-11-32-12-8-24/h1-4,17-18,27-28H,5-16H2/t17-,18-/m1/s1. The molecule has 0 spiro atoms. The molecule has 2 aliphatic heterocycles. The fourth-order valence-corrected chi connectivity index (χ4v) is 4.41. The first-order valence-corrected chi connectivity index (χ1v) is 11.2. The summed E-state index contributed by atoms with van der Waals surface area (Å²) in [6.45, 7) is 6.11. The molecular weight excluding hydrogens is 416 g/mol. The average Bonchev–Trinajstić information content (AvgIpc) is 2.81. The first-order chi connectivity index (χ1) is 15.5. The highest BCUT2D eigenvalue weighted by Crippen LogP contribution is 2.10. The van der Waals surface area contributed by atoms with Crippen LogP contribution < -0.4 is 11.2 Å². The minimum absolute atomic E-state index is 0.0660. The van der Waals surface area contributed by atoms with Gasteiger partial charge in [0.15, 0.2) is 0 Å². The van der Waals surface area contributed by atoms with Crippen molar-refractivity contribution in [3.05, 3.63) is 45.1 Å². The summed E-state index contributed by atoms with van der Waals surface area (Å²) >= 11 is 0. The topological polar surface area (TPSA) is 109 Å².